The van der Waals surface area contributed by atoms with Gasteiger partial charge in [-0.2, -0.15) is 4.98 Å². The van der Waals surface area contributed by atoms with E-state index >= 15 is 0 Å². The van der Waals surface area contributed by atoms with Gasteiger partial charge in [-0.25, -0.2) is 9.46 Å². The van der Waals surface area contributed by atoms with Gasteiger partial charge in [0.2, 0.25) is 5.91 Å². The third-order valence-electron chi connectivity index (χ3n) is 9.06. The third kappa shape index (κ3) is 6.14. The minimum absolute atomic E-state index is 0.107. The number of carbonyl (C=O) groups excluding carboxylic acids is 1. The Morgan fingerprint density at radius 2 is 1.77 bits per heavy atom. The van der Waals surface area contributed by atoms with Crippen LogP contribution in [0.2, 0.25) is 12.6 Å². The maximum atomic E-state index is 12.9. The van der Waals surface area contributed by atoms with Gasteiger partial charge in [0.15, 0.2) is 0 Å². The second-order valence-electron chi connectivity index (χ2n) is 12.2. The molecule has 4 heterocycles. The van der Waals surface area contributed by atoms with Gasteiger partial charge in [-0.3, -0.25) is 9.36 Å². The normalized spacial score (nSPS) is 27.2. The lowest BCUT2D eigenvalue weighted by Crippen LogP contribution is -2.59. The molecule has 3 aliphatic heterocycles. The van der Waals surface area contributed by atoms with E-state index in [4.69, 9.17) is 13.8 Å². The number of anilines is 1. The monoisotopic (exact) mass is 620 g/mol. The van der Waals surface area contributed by atoms with Crippen LogP contribution in [0.25, 0.3) is 0 Å². The van der Waals surface area contributed by atoms with Gasteiger partial charge in [0.25, 0.3) is 8.53 Å². The summed E-state index contributed by atoms with van der Waals surface area (Å²) in [5, 5.41) is 5.52. The zero-order chi connectivity index (χ0) is 30.1. The zero-order valence-electron chi connectivity index (χ0n) is 25.3. The molecule has 0 saturated carbocycles. The van der Waals surface area contributed by atoms with E-state index in [9.17, 15) is 9.59 Å². The highest BCUT2D eigenvalue weighted by Crippen LogP contribution is 2.60. The quantitative estimate of drug-likeness (QED) is 0.263. The first kappa shape index (κ1) is 30.3. The Morgan fingerprint density at radius 1 is 1.09 bits per heavy atom. The van der Waals surface area contributed by atoms with Crippen LogP contribution < -0.4 is 21.4 Å². The second kappa shape index (κ2) is 12.7. The van der Waals surface area contributed by atoms with Crippen LogP contribution >= 0.6 is 8.53 Å². The lowest BCUT2D eigenvalue weighted by molar-refractivity contribution is -0.118. The molecule has 228 valence electrons. The van der Waals surface area contributed by atoms with Crippen molar-refractivity contribution in [3.05, 3.63) is 83.4 Å². The molecule has 2 aromatic carbocycles. The molecular formula is C32H41N4O5PSi. The van der Waals surface area contributed by atoms with Gasteiger partial charge in [0, 0.05) is 31.1 Å². The Labute approximate surface area is 255 Å². The predicted molar refractivity (Wildman–Crippen MR) is 171 cm³/mol. The molecule has 1 N–H and O–H groups in total. The lowest BCUT2D eigenvalue weighted by atomic mass is 10.0. The summed E-state index contributed by atoms with van der Waals surface area (Å²) in [6.45, 7) is 9.09. The number of carbonyl (C=O) groups is 1. The van der Waals surface area contributed by atoms with Crippen molar-refractivity contribution in [2.24, 2.45) is 5.92 Å². The number of hydrogen-bond donors (Lipinski definition) is 1. The molecule has 0 bridgehead atoms. The molecule has 43 heavy (non-hydrogen) atoms. The summed E-state index contributed by atoms with van der Waals surface area (Å²) in [7, 11) is -3.30. The van der Waals surface area contributed by atoms with Gasteiger partial charge in [-0.15, -0.1) is 0 Å². The van der Waals surface area contributed by atoms with Crippen LogP contribution in [0, 0.1) is 5.92 Å². The highest BCUT2D eigenvalue weighted by Gasteiger charge is 2.53. The van der Waals surface area contributed by atoms with E-state index in [0.717, 1.165) is 25.4 Å². The second-order valence-corrected chi connectivity index (χ2v) is 17.9. The standard InChI is InChI=1S/C32H41N4O5PSi/c1-5-26-27(20-30(39-26)35-18-17-29(34-32(35)38)33-31(37)22(2)3)40-42-36-19-16-25(36)28(41-42)21-43(4,23-12-8-6-9-13-23)24-14-10-7-11-15-24/h6-15,17-18,22,25-28,30H,5,16,19-21H2,1-4H3,(H,33,34,37,38)/t25-,26+,27?,28+,30+,42-/m0/s1. The molecule has 1 amide bonds. The van der Waals surface area contributed by atoms with Crippen LogP contribution in [0.5, 0.6) is 0 Å². The number of rotatable bonds is 10. The average molecular weight is 621 g/mol. The summed E-state index contributed by atoms with van der Waals surface area (Å²) in [6.07, 6.45) is 3.31. The maximum Gasteiger partial charge on any atom is 0.351 e. The van der Waals surface area contributed by atoms with E-state index < -0.39 is 28.5 Å². The molecule has 9 nitrogen and oxygen atoms in total. The van der Waals surface area contributed by atoms with Crippen LogP contribution in [0.4, 0.5) is 5.82 Å². The summed E-state index contributed by atoms with van der Waals surface area (Å²) in [5.74, 6) is -0.140. The Morgan fingerprint density at radius 3 is 2.33 bits per heavy atom. The van der Waals surface area contributed by atoms with Crippen LogP contribution in [-0.4, -0.2) is 59.1 Å². The predicted octanol–water partition coefficient (Wildman–Crippen LogP) is 4.51. The Kier molecular flexibility index (Phi) is 8.96. The van der Waals surface area contributed by atoms with E-state index in [-0.39, 0.29) is 36.0 Å². The van der Waals surface area contributed by atoms with Gasteiger partial charge in [-0.05, 0) is 25.0 Å². The number of benzene rings is 2. The number of aromatic nitrogens is 2. The molecule has 0 radical (unpaired) electrons. The summed E-state index contributed by atoms with van der Waals surface area (Å²) in [6, 6.07) is 24.8. The smallest absolute Gasteiger partial charge is 0.351 e. The van der Waals surface area contributed by atoms with Gasteiger partial charge < -0.3 is 19.1 Å². The Hall–Kier alpha value is -2.72. The van der Waals surface area contributed by atoms with Crippen LogP contribution in [0.3, 0.4) is 0 Å². The fourth-order valence-corrected chi connectivity index (χ4v) is 12.3. The number of hydrogen-bond acceptors (Lipinski definition) is 7. The van der Waals surface area contributed by atoms with E-state index in [1.807, 2.05) is 0 Å². The van der Waals surface area contributed by atoms with Gasteiger partial charge >= 0.3 is 5.69 Å². The van der Waals surface area contributed by atoms with Gasteiger partial charge in [0.05, 0.1) is 18.3 Å². The van der Waals surface area contributed by atoms with Crippen LogP contribution in [0.1, 0.15) is 46.3 Å². The van der Waals surface area contributed by atoms with Crippen molar-refractivity contribution in [1.29, 1.82) is 0 Å². The van der Waals surface area contributed by atoms with Crippen molar-refractivity contribution in [2.45, 2.75) is 83.2 Å². The van der Waals surface area contributed by atoms with Crippen molar-refractivity contribution < 1.29 is 18.6 Å². The third-order valence-corrected chi connectivity index (χ3v) is 15.3. The van der Waals surface area contributed by atoms with E-state index in [0.29, 0.717) is 12.5 Å². The minimum Gasteiger partial charge on any atom is -0.352 e. The summed E-state index contributed by atoms with van der Waals surface area (Å²) in [4.78, 5) is 29.0. The zero-order valence-corrected chi connectivity index (χ0v) is 27.2. The van der Waals surface area contributed by atoms with Crippen molar-refractivity contribution >= 4 is 38.7 Å². The van der Waals surface area contributed by atoms with E-state index in [1.165, 1.54) is 14.9 Å². The topological polar surface area (TPSA) is 94.9 Å². The number of nitrogens with zero attached hydrogens (tertiary/aromatic N) is 3. The first-order valence-electron chi connectivity index (χ1n) is 15.3. The summed E-state index contributed by atoms with van der Waals surface area (Å²) < 4.78 is 23.7. The Bertz CT molecular complexity index is 1440. The maximum absolute atomic E-state index is 12.9. The average Bonchev–Trinajstić information content (AvgIpc) is 3.49. The Balaban J connectivity index is 1.15. The van der Waals surface area contributed by atoms with Crippen molar-refractivity contribution in [2.75, 3.05) is 11.9 Å². The van der Waals surface area contributed by atoms with Crippen molar-refractivity contribution in [3.63, 3.8) is 0 Å². The van der Waals surface area contributed by atoms with Gasteiger partial charge in [0.1, 0.15) is 20.1 Å². The van der Waals surface area contributed by atoms with Crippen molar-refractivity contribution in [3.8, 4) is 0 Å². The summed E-state index contributed by atoms with van der Waals surface area (Å²) >= 11 is 0. The molecule has 3 fully saturated rings. The lowest BCUT2D eigenvalue weighted by Gasteiger charge is -2.39. The SMILES string of the molecule is CC[C@H]1O[C@@H](n2ccc(NC(=O)C(C)C)nc2=O)CC1O[P@@]1O[C@H](C[Si](C)(c2ccccc2)c2ccccc2)[C@@H]2CCN21. The van der Waals surface area contributed by atoms with E-state index in [1.54, 1.807) is 26.1 Å². The molecule has 3 saturated heterocycles. The molecule has 11 heteroatoms. The number of nitrogens with one attached hydrogen (secondary N) is 1. The summed E-state index contributed by atoms with van der Waals surface area (Å²) in [5.41, 5.74) is -0.459. The molecular weight excluding hydrogens is 579 g/mol. The van der Waals surface area contributed by atoms with Gasteiger partial charge in [-0.1, -0.05) is 98.4 Å². The minimum atomic E-state index is -2.07. The number of amides is 1. The van der Waals surface area contributed by atoms with Crippen molar-refractivity contribution in [1.82, 2.24) is 14.2 Å². The molecule has 0 aliphatic carbocycles. The number of ether oxygens (including phenoxy) is 1. The first-order valence-corrected chi connectivity index (χ1v) is 19.2. The number of fused-ring (bicyclic) bond motifs is 1. The van der Waals surface area contributed by atoms with E-state index in [2.05, 4.69) is 89.1 Å². The van der Waals surface area contributed by atoms with Crippen LogP contribution in [0.15, 0.2) is 77.7 Å². The molecule has 6 rings (SSSR count). The first-order chi connectivity index (χ1) is 20.8. The highest BCUT2D eigenvalue weighted by molar-refractivity contribution is 7.45. The molecule has 1 aromatic heterocycles. The van der Waals surface area contributed by atoms with Crippen LogP contribution in [-0.2, 0) is 18.6 Å². The molecule has 6 atom stereocenters. The fourth-order valence-electron chi connectivity index (χ4n) is 6.33. The molecule has 3 aliphatic rings. The molecule has 1 unspecified atom stereocenters. The molecule has 3 aromatic rings. The molecule has 0 spiro atoms. The highest BCUT2D eigenvalue weighted by atomic mass is 31.2. The fraction of sp³-hybridized carbons (Fsp3) is 0.469. The largest absolute Gasteiger partial charge is 0.352 e.